The van der Waals surface area contributed by atoms with Gasteiger partial charge in [-0.25, -0.2) is 0 Å². The van der Waals surface area contributed by atoms with Crippen LogP contribution in [0.1, 0.15) is 32.9 Å². The summed E-state index contributed by atoms with van der Waals surface area (Å²) < 4.78 is 1.84. The summed E-state index contributed by atoms with van der Waals surface area (Å²) in [6.07, 6.45) is 1.99. The van der Waals surface area contributed by atoms with Crippen LogP contribution in [0.25, 0.3) is 0 Å². The van der Waals surface area contributed by atoms with E-state index in [2.05, 4.69) is 36.1 Å². The lowest BCUT2D eigenvalue weighted by molar-refractivity contribution is 0.303. The quantitative estimate of drug-likeness (QED) is 0.692. The predicted octanol–water partition coefficient (Wildman–Crippen LogP) is 1.71. The number of hydrogen-bond acceptors (Lipinski definition) is 4. The molecule has 0 saturated heterocycles. The van der Waals surface area contributed by atoms with Gasteiger partial charge in [0.15, 0.2) is 0 Å². The molecule has 18 heavy (non-hydrogen) atoms. The van der Waals surface area contributed by atoms with Gasteiger partial charge in [0, 0.05) is 13.6 Å². The van der Waals surface area contributed by atoms with Crippen molar-refractivity contribution in [3.8, 4) is 0 Å². The molecule has 0 saturated carbocycles. The summed E-state index contributed by atoms with van der Waals surface area (Å²) in [6, 6.07) is 0. The summed E-state index contributed by atoms with van der Waals surface area (Å²) in [5.41, 5.74) is 7.82. The zero-order valence-corrected chi connectivity index (χ0v) is 12.2. The van der Waals surface area contributed by atoms with E-state index < -0.39 is 0 Å². The van der Waals surface area contributed by atoms with Crippen LogP contribution in [0.15, 0.2) is 0 Å². The first kappa shape index (κ1) is 14.8. The summed E-state index contributed by atoms with van der Waals surface area (Å²) in [7, 11) is 1.93. The number of hydrogen-bond donors (Lipinski definition) is 2. The van der Waals surface area contributed by atoms with Gasteiger partial charge in [0.05, 0.1) is 11.4 Å². The smallest absolute Gasteiger partial charge is 0.147 e. The van der Waals surface area contributed by atoms with E-state index in [0.717, 1.165) is 56.2 Å². The highest BCUT2D eigenvalue weighted by Crippen LogP contribution is 2.21. The molecular weight excluding hydrogens is 226 g/mol. The third-order valence-electron chi connectivity index (χ3n) is 3.33. The van der Waals surface area contributed by atoms with Crippen molar-refractivity contribution in [2.24, 2.45) is 7.05 Å². The van der Waals surface area contributed by atoms with Crippen LogP contribution in [0.5, 0.6) is 0 Å². The average Bonchev–Trinajstić information content (AvgIpc) is 2.65. The van der Waals surface area contributed by atoms with Crippen molar-refractivity contribution >= 4 is 11.5 Å². The molecule has 1 aromatic rings. The minimum Gasteiger partial charge on any atom is -0.394 e. The van der Waals surface area contributed by atoms with Crippen LogP contribution in [-0.2, 0) is 13.5 Å². The second-order valence-corrected chi connectivity index (χ2v) is 4.49. The fourth-order valence-corrected chi connectivity index (χ4v) is 2.12. The van der Waals surface area contributed by atoms with Crippen LogP contribution >= 0.6 is 0 Å². The summed E-state index contributed by atoms with van der Waals surface area (Å²) in [4.78, 5) is 2.42. The van der Waals surface area contributed by atoms with Gasteiger partial charge in [-0.2, -0.15) is 5.10 Å². The van der Waals surface area contributed by atoms with E-state index in [4.69, 9.17) is 5.73 Å². The van der Waals surface area contributed by atoms with E-state index in [1.54, 1.807) is 0 Å². The standard InChI is InChI=1S/C13H27N5/c1-5-11-12(14)13(17(4)16-11)15-9-8-10-18(6-2)7-3/h15H,5-10,14H2,1-4H3. The first-order chi connectivity index (χ1) is 8.63. The second-order valence-electron chi connectivity index (χ2n) is 4.49. The molecule has 0 aliphatic rings. The molecular formula is C13H27N5. The SMILES string of the molecule is CCc1nn(C)c(NCCCN(CC)CC)c1N. The first-order valence-electron chi connectivity index (χ1n) is 6.91. The molecule has 0 aromatic carbocycles. The van der Waals surface area contributed by atoms with Gasteiger partial charge in [-0.3, -0.25) is 4.68 Å². The molecule has 0 atom stereocenters. The molecule has 0 amide bonds. The zero-order chi connectivity index (χ0) is 13.5. The van der Waals surface area contributed by atoms with Crippen molar-refractivity contribution in [1.29, 1.82) is 0 Å². The topological polar surface area (TPSA) is 59.1 Å². The lowest BCUT2D eigenvalue weighted by Crippen LogP contribution is -2.25. The molecule has 3 N–H and O–H groups in total. The third-order valence-corrected chi connectivity index (χ3v) is 3.33. The molecule has 5 heteroatoms. The largest absolute Gasteiger partial charge is 0.394 e. The summed E-state index contributed by atoms with van der Waals surface area (Å²) >= 11 is 0. The van der Waals surface area contributed by atoms with Gasteiger partial charge in [0.1, 0.15) is 5.82 Å². The van der Waals surface area contributed by atoms with Crippen LogP contribution in [0.4, 0.5) is 11.5 Å². The molecule has 0 radical (unpaired) electrons. The molecule has 0 unspecified atom stereocenters. The van der Waals surface area contributed by atoms with Crippen LogP contribution < -0.4 is 11.1 Å². The Morgan fingerprint density at radius 2 is 1.94 bits per heavy atom. The van der Waals surface area contributed by atoms with E-state index in [1.807, 2.05) is 11.7 Å². The number of nitrogens with two attached hydrogens (primary N) is 1. The predicted molar refractivity (Wildman–Crippen MR) is 77.9 cm³/mol. The van der Waals surface area contributed by atoms with Crippen molar-refractivity contribution in [2.45, 2.75) is 33.6 Å². The van der Waals surface area contributed by atoms with Gasteiger partial charge in [-0.1, -0.05) is 20.8 Å². The number of aryl methyl sites for hydroxylation is 2. The maximum absolute atomic E-state index is 6.05. The number of nitrogen functional groups attached to an aromatic ring is 1. The number of anilines is 2. The van der Waals surface area contributed by atoms with Crippen molar-refractivity contribution in [2.75, 3.05) is 37.2 Å². The fourth-order valence-electron chi connectivity index (χ4n) is 2.12. The van der Waals surface area contributed by atoms with Gasteiger partial charge in [-0.15, -0.1) is 0 Å². The van der Waals surface area contributed by atoms with Crippen molar-refractivity contribution < 1.29 is 0 Å². The maximum Gasteiger partial charge on any atom is 0.147 e. The third kappa shape index (κ3) is 3.63. The van der Waals surface area contributed by atoms with E-state index in [0.29, 0.717) is 0 Å². The summed E-state index contributed by atoms with van der Waals surface area (Å²) in [5, 5.41) is 7.78. The molecule has 0 bridgehead atoms. The minimum atomic E-state index is 0.794. The average molecular weight is 253 g/mol. The Morgan fingerprint density at radius 1 is 1.28 bits per heavy atom. The number of nitrogens with one attached hydrogen (secondary N) is 1. The van der Waals surface area contributed by atoms with Crippen LogP contribution in [0, 0.1) is 0 Å². The molecule has 0 aliphatic heterocycles. The van der Waals surface area contributed by atoms with Crippen LogP contribution in [0.3, 0.4) is 0 Å². The Bertz CT molecular complexity index is 355. The van der Waals surface area contributed by atoms with E-state index in [-0.39, 0.29) is 0 Å². The van der Waals surface area contributed by atoms with E-state index in [9.17, 15) is 0 Å². The zero-order valence-electron chi connectivity index (χ0n) is 12.2. The Kier molecular flexibility index (Phi) is 5.98. The van der Waals surface area contributed by atoms with Crippen LogP contribution in [-0.4, -0.2) is 40.9 Å². The summed E-state index contributed by atoms with van der Waals surface area (Å²) in [6.45, 7) is 10.8. The van der Waals surface area contributed by atoms with Crippen molar-refractivity contribution in [1.82, 2.24) is 14.7 Å². The second kappa shape index (κ2) is 7.26. The van der Waals surface area contributed by atoms with Gasteiger partial charge in [-0.05, 0) is 32.5 Å². The Morgan fingerprint density at radius 3 is 2.44 bits per heavy atom. The molecule has 0 fully saturated rings. The molecule has 104 valence electrons. The molecule has 1 heterocycles. The van der Waals surface area contributed by atoms with Crippen LogP contribution in [0.2, 0.25) is 0 Å². The molecule has 1 aromatic heterocycles. The highest BCUT2D eigenvalue weighted by molar-refractivity contribution is 5.64. The van der Waals surface area contributed by atoms with Gasteiger partial charge >= 0.3 is 0 Å². The molecule has 1 rings (SSSR count). The van der Waals surface area contributed by atoms with Crippen molar-refractivity contribution in [3.05, 3.63) is 5.69 Å². The molecule has 0 aliphatic carbocycles. The Balaban J connectivity index is 2.42. The lowest BCUT2D eigenvalue weighted by Gasteiger charge is -2.18. The van der Waals surface area contributed by atoms with Gasteiger partial charge in [0.25, 0.3) is 0 Å². The van der Waals surface area contributed by atoms with Gasteiger partial charge in [0.2, 0.25) is 0 Å². The Labute approximate surface area is 110 Å². The highest BCUT2D eigenvalue weighted by Gasteiger charge is 2.10. The number of nitrogens with zero attached hydrogens (tertiary/aromatic N) is 3. The fraction of sp³-hybridized carbons (Fsp3) is 0.769. The minimum absolute atomic E-state index is 0.794. The van der Waals surface area contributed by atoms with E-state index in [1.165, 1.54) is 0 Å². The number of rotatable bonds is 8. The first-order valence-corrected chi connectivity index (χ1v) is 6.91. The van der Waals surface area contributed by atoms with Crippen molar-refractivity contribution in [3.63, 3.8) is 0 Å². The molecule has 5 nitrogen and oxygen atoms in total. The lowest BCUT2D eigenvalue weighted by atomic mass is 10.3. The monoisotopic (exact) mass is 253 g/mol. The normalized spacial score (nSPS) is 11.2. The maximum atomic E-state index is 6.05. The van der Waals surface area contributed by atoms with E-state index >= 15 is 0 Å². The highest BCUT2D eigenvalue weighted by atomic mass is 15.3. The molecule has 0 spiro atoms. The summed E-state index contributed by atoms with van der Waals surface area (Å²) in [5.74, 6) is 0.950. The number of aromatic nitrogens is 2. The van der Waals surface area contributed by atoms with Gasteiger partial charge < -0.3 is 16.0 Å². The Hall–Kier alpha value is -1.23.